The third-order valence-corrected chi connectivity index (χ3v) is 1.57. The van der Waals surface area contributed by atoms with E-state index in [-0.39, 0.29) is 5.88 Å². The van der Waals surface area contributed by atoms with Crippen LogP contribution in [0.3, 0.4) is 0 Å². The number of nitrogens with one attached hydrogen (secondary N) is 1. The number of rotatable bonds is 4. The average Bonchev–Trinajstić information content (AvgIpc) is 2.27. The fraction of sp³-hybridized carbons (Fsp3) is 0.200. The van der Waals surface area contributed by atoms with Gasteiger partial charge in [-0.2, -0.15) is 13.2 Å². The van der Waals surface area contributed by atoms with Crippen LogP contribution < -0.4 is 10.1 Å². The first kappa shape index (κ1) is 13.0. The number of hydrogen-bond donors (Lipinski definition) is 1. The maximum absolute atomic E-state index is 11.8. The maximum Gasteiger partial charge on any atom is 0.422 e. The van der Waals surface area contributed by atoms with Crippen molar-refractivity contribution < 1.29 is 22.7 Å². The molecule has 0 aliphatic heterocycles. The van der Waals surface area contributed by atoms with Crippen molar-refractivity contribution >= 4 is 11.6 Å². The van der Waals surface area contributed by atoms with Gasteiger partial charge in [0.2, 0.25) is 11.8 Å². The Balaban J connectivity index is 2.56. The predicted molar refractivity (Wildman–Crippen MR) is 54.6 cm³/mol. The molecule has 0 radical (unpaired) electrons. The molecule has 1 rings (SSSR count). The van der Waals surface area contributed by atoms with E-state index in [1.807, 2.05) is 0 Å². The minimum atomic E-state index is -4.41. The normalized spacial score (nSPS) is 10.8. The average molecular weight is 246 g/mol. The van der Waals surface area contributed by atoms with Gasteiger partial charge in [0.15, 0.2) is 6.61 Å². The molecule has 1 N–H and O–H groups in total. The monoisotopic (exact) mass is 246 g/mol. The molecule has 0 aliphatic rings. The van der Waals surface area contributed by atoms with Gasteiger partial charge in [-0.15, -0.1) is 0 Å². The fourth-order valence-corrected chi connectivity index (χ4v) is 0.889. The summed E-state index contributed by atoms with van der Waals surface area (Å²) < 4.78 is 39.8. The summed E-state index contributed by atoms with van der Waals surface area (Å²) in [6, 6.07) is 2.60. The third kappa shape index (κ3) is 5.01. The summed E-state index contributed by atoms with van der Waals surface area (Å²) in [6.07, 6.45) is -2.15. The fourth-order valence-electron chi connectivity index (χ4n) is 0.889. The zero-order valence-electron chi connectivity index (χ0n) is 8.62. The quantitative estimate of drug-likeness (QED) is 0.828. The van der Waals surface area contributed by atoms with Crippen LogP contribution in [0.15, 0.2) is 31.0 Å². The standard InChI is InChI=1S/C10H9F3N2O2/c1-2-8(16)15-7-3-4-9(14-5-7)17-6-10(11,12)13/h2-5H,1,6H2,(H,15,16). The second-order valence-electron chi connectivity index (χ2n) is 2.98. The molecular weight excluding hydrogens is 237 g/mol. The van der Waals surface area contributed by atoms with Crippen LogP contribution in [0.5, 0.6) is 5.88 Å². The van der Waals surface area contributed by atoms with Gasteiger partial charge < -0.3 is 10.1 Å². The van der Waals surface area contributed by atoms with Gasteiger partial charge in [0.1, 0.15) is 0 Å². The number of nitrogens with zero attached hydrogens (tertiary/aromatic N) is 1. The first-order valence-corrected chi connectivity index (χ1v) is 4.50. The molecule has 1 aromatic rings. The third-order valence-electron chi connectivity index (χ3n) is 1.57. The van der Waals surface area contributed by atoms with Crippen molar-refractivity contribution in [2.75, 3.05) is 11.9 Å². The van der Waals surface area contributed by atoms with Crippen LogP contribution in [-0.4, -0.2) is 23.7 Å². The summed E-state index contributed by atoms with van der Waals surface area (Å²) in [4.78, 5) is 14.5. The number of alkyl halides is 3. The molecule has 0 unspecified atom stereocenters. The number of carbonyl (C=O) groups excluding carboxylic acids is 1. The Kier molecular flexibility index (Phi) is 4.08. The van der Waals surface area contributed by atoms with E-state index < -0.39 is 18.7 Å². The van der Waals surface area contributed by atoms with Crippen LogP contribution >= 0.6 is 0 Å². The molecule has 0 saturated heterocycles. The van der Waals surface area contributed by atoms with E-state index in [1.165, 1.54) is 18.3 Å². The van der Waals surface area contributed by atoms with Crippen LogP contribution in [-0.2, 0) is 4.79 Å². The van der Waals surface area contributed by atoms with Crippen molar-refractivity contribution in [3.63, 3.8) is 0 Å². The number of amides is 1. The molecule has 1 heterocycles. The van der Waals surface area contributed by atoms with E-state index in [2.05, 4.69) is 21.6 Å². The lowest BCUT2D eigenvalue weighted by molar-refractivity contribution is -0.154. The topological polar surface area (TPSA) is 51.2 Å². The summed E-state index contributed by atoms with van der Waals surface area (Å²) in [5.41, 5.74) is 0.342. The van der Waals surface area contributed by atoms with E-state index in [0.717, 1.165) is 6.08 Å². The van der Waals surface area contributed by atoms with Crippen LogP contribution in [0.25, 0.3) is 0 Å². The summed E-state index contributed by atoms with van der Waals surface area (Å²) in [7, 11) is 0. The molecule has 0 fully saturated rings. The molecule has 0 bridgehead atoms. The van der Waals surface area contributed by atoms with Crippen LogP contribution in [0.2, 0.25) is 0 Å². The molecule has 92 valence electrons. The van der Waals surface area contributed by atoms with Gasteiger partial charge in [-0.3, -0.25) is 4.79 Å². The number of anilines is 1. The zero-order chi connectivity index (χ0) is 12.9. The highest BCUT2D eigenvalue weighted by atomic mass is 19.4. The minimum Gasteiger partial charge on any atom is -0.468 e. The van der Waals surface area contributed by atoms with Crippen molar-refractivity contribution in [2.45, 2.75) is 6.18 Å². The van der Waals surface area contributed by atoms with E-state index in [1.54, 1.807) is 0 Å². The van der Waals surface area contributed by atoms with Gasteiger partial charge in [0.05, 0.1) is 11.9 Å². The van der Waals surface area contributed by atoms with E-state index in [4.69, 9.17) is 0 Å². The van der Waals surface area contributed by atoms with Crippen molar-refractivity contribution in [1.82, 2.24) is 4.98 Å². The van der Waals surface area contributed by atoms with Gasteiger partial charge in [0, 0.05) is 6.07 Å². The van der Waals surface area contributed by atoms with Crippen molar-refractivity contribution in [3.05, 3.63) is 31.0 Å². The highest BCUT2D eigenvalue weighted by Crippen LogP contribution is 2.17. The molecule has 0 aromatic carbocycles. The second kappa shape index (κ2) is 5.33. The van der Waals surface area contributed by atoms with Gasteiger partial charge >= 0.3 is 6.18 Å². The number of hydrogen-bond acceptors (Lipinski definition) is 3. The molecule has 1 aromatic heterocycles. The van der Waals surface area contributed by atoms with Crippen molar-refractivity contribution in [3.8, 4) is 5.88 Å². The Morgan fingerprint density at radius 2 is 2.24 bits per heavy atom. The Bertz CT molecular complexity index is 401. The summed E-state index contributed by atoms with van der Waals surface area (Å²) in [5.74, 6) is -0.602. The first-order valence-electron chi connectivity index (χ1n) is 4.50. The highest BCUT2D eigenvalue weighted by Gasteiger charge is 2.28. The molecule has 1 amide bonds. The van der Waals surface area contributed by atoms with Crippen LogP contribution in [0.4, 0.5) is 18.9 Å². The largest absolute Gasteiger partial charge is 0.468 e. The second-order valence-corrected chi connectivity index (χ2v) is 2.98. The predicted octanol–water partition coefficient (Wildman–Crippen LogP) is 2.15. The van der Waals surface area contributed by atoms with E-state index >= 15 is 0 Å². The molecule has 17 heavy (non-hydrogen) atoms. The Morgan fingerprint density at radius 3 is 2.71 bits per heavy atom. The van der Waals surface area contributed by atoms with E-state index in [9.17, 15) is 18.0 Å². The Labute approximate surface area is 95.1 Å². The number of carbonyl (C=O) groups is 1. The maximum atomic E-state index is 11.8. The lowest BCUT2D eigenvalue weighted by Crippen LogP contribution is -2.19. The highest BCUT2D eigenvalue weighted by molar-refractivity contribution is 5.98. The van der Waals surface area contributed by atoms with Crippen LogP contribution in [0, 0.1) is 0 Å². The van der Waals surface area contributed by atoms with Crippen LogP contribution in [0.1, 0.15) is 0 Å². The van der Waals surface area contributed by atoms with Gasteiger partial charge in [0.25, 0.3) is 0 Å². The molecule has 0 saturated carbocycles. The molecule has 0 atom stereocenters. The number of halogens is 3. The van der Waals surface area contributed by atoms with Crippen molar-refractivity contribution in [2.24, 2.45) is 0 Å². The summed E-state index contributed by atoms with van der Waals surface area (Å²) in [5, 5.41) is 2.39. The van der Waals surface area contributed by atoms with Gasteiger partial charge in [-0.1, -0.05) is 6.58 Å². The number of pyridine rings is 1. The molecule has 0 aliphatic carbocycles. The molecular formula is C10H9F3N2O2. The molecule has 7 heteroatoms. The van der Waals surface area contributed by atoms with E-state index in [0.29, 0.717) is 5.69 Å². The molecule has 0 spiro atoms. The number of aromatic nitrogens is 1. The Morgan fingerprint density at radius 1 is 1.53 bits per heavy atom. The lowest BCUT2D eigenvalue weighted by atomic mass is 10.4. The smallest absolute Gasteiger partial charge is 0.422 e. The molecule has 4 nitrogen and oxygen atoms in total. The number of ether oxygens (including phenoxy) is 1. The van der Waals surface area contributed by atoms with Gasteiger partial charge in [-0.25, -0.2) is 4.98 Å². The van der Waals surface area contributed by atoms with Crippen molar-refractivity contribution in [1.29, 1.82) is 0 Å². The zero-order valence-corrected chi connectivity index (χ0v) is 8.62. The Hall–Kier alpha value is -2.05. The lowest BCUT2D eigenvalue weighted by Gasteiger charge is -2.08. The van der Waals surface area contributed by atoms with Gasteiger partial charge in [-0.05, 0) is 12.1 Å². The summed E-state index contributed by atoms with van der Waals surface area (Å²) in [6.45, 7) is 1.84. The minimum absolute atomic E-state index is 0.168. The SMILES string of the molecule is C=CC(=O)Nc1ccc(OCC(F)(F)F)nc1. The first-order chi connectivity index (χ1) is 7.90. The summed E-state index contributed by atoms with van der Waals surface area (Å²) >= 11 is 0.